The molecule has 0 amide bonds. The summed E-state index contributed by atoms with van der Waals surface area (Å²) in [6.45, 7) is 40.0. The van der Waals surface area contributed by atoms with Crippen LogP contribution in [0.25, 0.3) is 22.2 Å². The molecule has 0 radical (unpaired) electrons. The second kappa shape index (κ2) is 42.7. The molecule has 12 heteroatoms. The molecular formula is C91H137N9O3. The van der Waals surface area contributed by atoms with Gasteiger partial charge >= 0.3 is 0 Å². The predicted molar refractivity (Wildman–Crippen MR) is 431 cm³/mol. The van der Waals surface area contributed by atoms with E-state index in [1.165, 1.54) is 61.1 Å². The third-order valence-electron chi connectivity index (χ3n) is 23.4. The van der Waals surface area contributed by atoms with Crippen molar-refractivity contribution in [1.82, 2.24) is 39.6 Å². The highest BCUT2D eigenvalue weighted by molar-refractivity contribution is 5.94. The van der Waals surface area contributed by atoms with Crippen LogP contribution >= 0.6 is 0 Å². The van der Waals surface area contributed by atoms with E-state index < -0.39 is 0 Å². The van der Waals surface area contributed by atoms with Crippen LogP contribution in [0.3, 0.4) is 0 Å². The van der Waals surface area contributed by atoms with E-state index in [1.54, 1.807) is 115 Å². The Hall–Kier alpha value is -6.37. The third kappa shape index (κ3) is 26.0. The zero-order valence-corrected chi connectivity index (χ0v) is 66.9. The number of para-hydroxylation sites is 2. The smallest absolute Gasteiger partial charge is 0.177 e. The van der Waals surface area contributed by atoms with Crippen LogP contribution in [0.1, 0.15) is 279 Å². The molecule has 4 atom stereocenters. The SMILES string of the molecule is C1CCOC1.C1CCOCC1.CC(C)C12CC3CC(CC(C3)C1)C2.CC(C)C1=Nc2ncccc2C1.CC(C)C1CC2CCC1C2.CC(C)C1CCC2CC1C2.CC(C)c1ccon1.CC(C)c1nc2ccccc2n1C(C)C.CC(C)c1nc2ncccc2[nH]1.c1ccccc1.c1ccncc1. The summed E-state index contributed by atoms with van der Waals surface area (Å²) in [7, 11) is 0. The summed E-state index contributed by atoms with van der Waals surface area (Å²) in [6, 6.07) is 36.4. The Balaban J connectivity index is 0.000000146. The summed E-state index contributed by atoms with van der Waals surface area (Å²) in [5, 5.41) is 3.74. The number of hydrogen-bond acceptors (Lipinski definition) is 10. The standard InChI is InChI=1S/C13H18N2.C13H22.C10H12N2.2C10H18.C9H11N3.C6H9NO.C6H6.C5H5N.C5H10O.C4H8O/c1-9(2)13-14-11-7-5-6-8-12(11)15(13)10(3)4;1-9(2)13-6-10-3-11(7-13)5-12(4-10)8-13;1-7(2)9-6-8-4-3-5-11-10(8)12-9;1-7(2)10-4-3-8-5-9(10)6-8;1-7(2)10-6-8-3-4-9(10)5-8;1-6(2)8-11-7-4-3-5-10-9(7)12-8;1-5(2)6-3-4-8-7-6;3*1-2-4-6-5-3-1;1-2-4-5-3-1/h5-10H,1-4H3;9-12H,3-8H2,1-2H3;3-5,7H,6H2,1-2H3;2*7-10H,3-6H2,1-2H3;3-6H,1-2H3,(H,10,11,12);3-5H,1-2H3;1-6H;1-5H;1-5H2;1-4H2. The second-order valence-electron chi connectivity index (χ2n) is 34.0. The van der Waals surface area contributed by atoms with Gasteiger partial charge in [-0.2, -0.15) is 0 Å². The van der Waals surface area contributed by atoms with Gasteiger partial charge in [-0.05, 0) is 254 Å². The van der Waals surface area contributed by atoms with Gasteiger partial charge in [0.05, 0.1) is 22.2 Å². The van der Waals surface area contributed by atoms with Crippen LogP contribution < -0.4 is 0 Å². The van der Waals surface area contributed by atoms with Gasteiger partial charge in [0.2, 0.25) is 0 Å². The summed E-state index contributed by atoms with van der Waals surface area (Å²) in [4.78, 5) is 28.9. The van der Waals surface area contributed by atoms with Crippen LogP contribution in [-0.4, -0.2) is 71.8 Å². The minimum absolute atomic E-state index is 0.430. The highest BCUT2D eigenvalue weighted by Crippen LogP contribution is 2.62. The van der Waals surface area contributed by atoms with Crippen molar-refractivity contribution < 1.29 is 14.0 Å². The van der Waals surface area contributed by atoms with Crippen LogP contribution in [0.4, 0.5) is 5.82 Å². The highest BCUT2D eigenvalue weighted by Gasteiger charge is 2.52. The fourth-order valence-corrected chi connectivity index (χ4v) is 17.8. The molecular weight excluding hydrogens is 1270 g/mol. The number of aromatic nitrogens is 8. The minimum Gasteiger partial charge on any atom is -0.381 e. The average molecular weight is 1410 g/mol. The van der Waals surface area contributed by atoms with Gasteiger partial charge in [0, 0.05) is 92.9 Å². The Bertz CT molecular complexity index is 3390. The van der Waals surface area contributed by atoms with Crippen LogP contribution in [0.2, 0.25) is 0 Å². The first kappa shape index (κ1) is 82.3. The first-order chi connectivity index (χ1) is 49.7. The number of hydrogen-bond donors (Lipinski definition) is 1. The van der Waals surface area contributed by atoms with E-state index >= 15 is 0 Å². The van der Waals surface area contributed by atoms with Crippen molar-refractivity contribution in [2.24, 2.45) is 87.3 Å². The molecule has 4 unspecified atom stereocenters. The number of benzene rings is 2. The van der Waals surface area contributed by atoms with E-state index in [9.17, 15) is 0 Å². The maximum Gasteiger partial charge on any atom is 0.177 e. The highest BCUT2D eigenvalue weighted by atomic mass is 16.5. The lowest BCUT2D eigenvalue weighted by atomic mass is 9.47. The van der Waals surface area contributed by atoms with Crippen LogP contribution in [0, 0.1) is 82.3 Å². The van der Waals surface area contributed by atoms with Gasteiger partial charge in [0.25, 0.3) is 0 Å². The van der Waals surface area contributed by atoms with Crippen LogP contribution in [0.15, 0.2) is 150 Å². The average Bonchev–Trinajstić information content (AvgIpc) is 1.61. The number of aliphatic imine (C=N–C) groups is 1. The number of H-pyrrole nitrogens is 1. The molecule has 2 aromatic carbocycles. The van der Waals surface area contributed by atoms with Gasteiger partial charge in [0.15, 0.2) is 11.5 Å². The van der Waals surface area contributed by atoms with Gasteiger partial charge < -0.3 is 23.5 Å². The summed E-state index contributed by atoms with van der Waals surface area (Å²) < 4.78 is 17.0. The molecule has 0 spiro atoms. The van der Waals surface area contributed by atoms with Gasteiger partial charge in [-0.1, -0.05) is 176 Å². The Morgan fingerprint density at radius 1 is 0.476 bits per heavy atom. The number of ether oxygens (including phenoxy) is 2. The van der Waals surface area contributed by atoms with E-state index in [2.05, 4.69) is 179 Å². The molecule has 12 nitrogen and oxygen atoms in total. The number of rotatable bonds is 8. The molecule has 6 aromatic heterocycles. The van der Waals surface area contributed by atoms with E-state index in [1.807, 2.05) is 84.9 Å². The van der Waals surface area contributed by atoms with Crippen molar-refractivity contribution in [2.45, 2.75) is 263 Å². The van der Waals surface area contributed by atoms with E-state index in [-0.39, 0.29) is 0 Å². The molecule has 11 fully saturated rings. The molecule has 12 aliphatic rings. The third-order valence-corrected chi connectivity index (χ3v) is 23.4. The molecule has 8 aromatic rings. The first-order valence-corrected chi connectivity index (χ1v) is 40.9. The lowest BCUT2D eigenvalue weighted by molar-refractivity contribution is -0.0789. The van der Waals surface area contributed by atoms with Crippen LogP contribution in [-0.2, 0) is 15.9 Å². The molecule has 9 aliphatic carbocycles. The maximum atomic E-state index is 5.07. The Morgan fingerprint density at radius 2 is 1.04 bits per heavy atom. The predicted octanol–water partition coefficient (Wildman–Crippen LogP) is 24.8. The number of imidazole rings is 2. The fraction of sp³-hybridized carbons (Fsp3) is 0.637. The maximum absolute atomic E-state index is 5.07. The summed E-state index contributed by atoms with van der Waals surface area (Å²) >= 11 is 0. The minimum atomic E-state index is 0.430. The second-order valence-corrected chi connectivity index (χ2v) is 34.0. The number of nitrogens with zero attached hydrogens (tertiary/aromatic N) is 8. The largest absolute Gasteiger partial charge is 0.381 e. The van der Waals surface area contributed by atoms with Crippen molar-refractivity contribution in [3.05, 3.63) is 163 Å². The molecule has 1 N–H and O–H groups in total. The number of pyridine rings is 3. The quantitative estimate of drug-likeness (QED) is 0.157. The topological polar surface area (TPSA) is 142 Å². The normalized spacial score (nSPS) is 24.6. The zero-order valence-electron chi connectivity index (χ0n) is 66.9. The van der Waals surface area contributed by atoms with Gasteiger partial charge in [-0.25, -0.2) is 24.9 Å². The summed E-state index contributed by atoms with van der Waals surface area (Å²) in [5.74, 6) is 18.0. The molecule has 103 heavy (non-hydrogen) atoms. The lowest BCUT2D eigenvalue weighted by Gasteiger charge is -2.58. The van der Waals surface area contributed by atoms with E-state index in [0.29, 0.717) is 29.7 Å². The van der Waals surface area contributed by atoms with Crippen molar-refractivity contribution >= 4 is 33.7 Å². The molecule has 3 aliphatic heterocycles. The number of fused-ring (bicyclic) bond motifs is 7. The van der Waals surface area contributed by atoms with Gasteiger partial charge in [-0.15, -0.1) is 0 Å². The molecule has 20 rings (SSSR count). The summed E-state index contributed by atoms with van der Waals surface area (Å²) in [6.07, 6.45) is 38.1. The lowest BCUT2D eigenvalue weighted by Crippen LogP contribution is -2.48. The number of aromatic amines is 1. The van der Waals surface area contributed by atoms with Crippen molar-refractivity contribution in [3.63, 3.8) is 0 Å². The Kier molecular flexibility index (Phi) is 34.1. The summed E-state index contributed by atoms with van der Waals surface area (Å²) in [5.41, 5.74) is 8.51. The first-order valence-electron chi connectivity index (χ1n) is 40.9. The van der Waals surface area contributed by atoms with Crippen LogP contribution in [0.5, 0.6) is 0 Å². The Morgan fingerprint density at radius 3 is 1.44 bits per heavy atom. The van der Waals surface area contributed by atoms with E-state index in [0.717, 1.165) is 143 Å². The zero-order chi connectivity index (χ0) is 73.7. The number of nitrogens with one attached hydrogen (secondary N) is 1. The van der Waals surface area contributed by atoms with Crippen molar-refractivity contribution in [3.8, 4) is 0 Å². The van der Waals surface area contributed by atoms with Gasteiger partial charge in [0.1, 0.15) is 17.9 Å². The molecule has 9 heterocycles. The molecule has 2 saturated heterocycles. The van der Waals surface area contributed by atoms with Crippen molar-refractivity contribution in [1.29, 1.82) is 0 Å². The van der Waals surface area contributed by atoms with Crippen molar-refractivity contribution in [2.75, 3.05) is 26.4 Å². The van der Waals surface area contributed by atoms with E-state index in [4.69, 9.17) is 14.5 Å². The Labute approximate surface area is 623 Å². The fourth-order valence-electron chi connectivity index (χ4n) is 17.8. The monoisotopic (exact) mass is 1400 g/mol. The molecule has 564 valence electrons. The molecule has 8 bridgehead atoms. The van der Waals surface area contributed by atoms with Gasteiger partial charge in [-0.3, -0.25) is 4.98 Å². The molecule has 9 saturated carbocycles.